The molecular formula is C22H29ClN4O6. The number of rotatable bonds is 7. The maximum absolute atomic E-state index is 13.0. The van der Waals surface area contributed by atoms with Crippen LogP contribution in [0.1, 0.15) is 55.8 Å². The summed E-state index contributed by atoms with van der Waals surface area (Å²) in [6.45, 7) is 0.729. The van der Waals surface area contributed by atoms with E-state index in [4.69, 9.17) is 16.7 Å². The Bertz CT molecular complexity index is 1110. The van der Waals surface area contributed by atoms with E-state index >= 15 is 0 Å². The largest absolute Gasteiger partial charge is 0.394 e. The summed E-state index contributed by atoms with van der Waals surface area (Å²) in [5.41, 5.74) is -2.31. The van der Waals surface area contributed by atoms with Crippen LogP contribution in [-0.2, 0) is 6.54 Å². The molecule has 33 heavy (non-hydrogen) atoms. The number of carbonyl (C=O) groups is 1. The molecule has 1 saturated carbocycles. The molecule has 2 aromatic rings. The molecule has 2 atom stereocenters. The van der Waals surface area contributed by atoms with Crippen molar-refractivity contribution in [2.45, 2.75) is 69.7 Å². The number of nitrogens with one attached hydrogen (secondary N) is 1. The number of nitrogens with zero attached hydrogens (tertiary/aromatic N) is 3. The molecule has 0 radical (unpaired) electrons. The zero-order valence-electron chi connectivity index (χ0n) is 18.4. The second-order valence-corrected chi connectivity index (χ2v) is 8.91. The Morgan fingerprint density at radius 3 is 2.55 bits per heavy atom. The highest BCUT2D eigenvalue weighted by Crippen LogP contribution is 2.30. The first-order chi connectivity index (χ1) is 15.7. The normalized spacial score (nSPS) is 17.7. The van der Waals surface area contributed by atoms with Gasteiger partial charge in [0, 0.05) is 0 Å². The van der Waals surface area contributed by atoms with Crippen LogP contribution < -0.4 is 16.6 Å². The predicted molar refractivity (Wildman–Crippen MR) is 122 cm³/mol. The Morgan fingerprint density at radius 2 is 1.91 bits per heavy atom. The lowest BCUT2D eigenvalue weighted by Crippen LogP contribution is -2.50. The van der Waals surface area contributed by atoms with Gasteiger partial charge in [0.2, 0.25) is 0 Å². The summed E-state index contributed by atoms with van der Waals surface area (Å²) in [5.74, 6) is -0.510. The molecule has 1 amide bonds. The van der Waals surface area contributed by atoms with Crippen LogP contribution in [0, 0.1) is 0 Å². The fraction of sp³-hybridized carbons (Fsp3) is 0.545. The molecule has 1 fully saturated rings. The van der Waals surface area contributed by atoms with Gasteiger partial charge in [0.15, 0.2) is 0 Å². The van der Waals surface area contributed by atoms with Crippen molar-refractivity contribution < 1.29 is 20.1 Å². The zero-order chi connectivity index (χ0) is 24.2. The van der Waals surface area contributed by atoms with Gasteiger partial charge < -0.3 is 20.6 Å². The Morgan fingerprint density at radius 1 is 1.24 bits per heavy atom. The molecule has 0 aliphatic heterocycles. The Kier molecular flexibility index (Phi) is 8.06. The molecule has 1 aliphatic carbocycles. The van der Waals surface area contributed by atoms with Crippen molar-refractivity contribution in [3.05, 3.63) is 55.8 Å². The van der Waals surface area contributed by atoms with Crippen molar-refractivity contribution in [2.75, 3.05) is 6.61 Å². The van der Waals surface area contributed by atoms with Gasteiger partial charge in [-0.15, -0.1) is 0 Å². The standard InChI is InChI=1S/C22H29ClN4O6/c1-14(22(33)8-4-2-3-5-9-22)25-20(31)17-10-15(6-7-18(17)23)27-21(32)26(12-16(29)13-28)19(30)11-24-27/h6-7,10-11,14,16,28-29,33H,2-5,8-9,12-13H2,1H3,(H,25,31). The molecule has 4 N–H and O–H groups in total. The second kappa shape index (κ2) is 10.6. The Labute approximate surface area is 195 Å². The fourth-order valence-electron chi connectivity index (χ4n) is 4.05. The monoisotopic (exact) mass is 480 g/mol. The van der Waals surface area contributed by atoms with Crippen molar-refractivity contribution in [1.29, 1.82) is 0 Å². The molecule has 0 spiro atoms. The van der Waals surface area contributed by atoms with Crippen LogP contribution in [-0.4, -0.2) is 59.9 Å². The lowest BCUT2D eigenvalue weighted by molar-refractivity contribution is -0.00571. The Hall–Kier alpha value is -2.53. The van der Waals surface area contributed by atoms with E-state index < -0.39 is 48.1 Å². The van der Waals surface area contributed by atoms with Crippen molar-refractivity contribution >= 4 is 17.5 Å². The molecule has 1 aliphatic rings. The molecule has 3 rings (SSSR count). The number of hydrogen-bond donors (Lipinski definition) is 4. The number of hydrogen-bond acceptors (Lipinski definition) is 7. The summed E-state index contributed by atoms with van der Waals surface area (Å²) in [4.78, 5) is 37.8. The number of benzene rings is 1. The zero-order valence-corrected chi connectivity index (χ0v) is 19.2. The molecule has 1 heterocycles. The topological polar surface area (TPSA) is 147 Å². The van der Waals surface area contributed by atoms with Gasteiger partial charge in [0.1, 0.15) is 6.20 Å². The summed E-state index contributed by atoms with van der Waals surface area (Å²) >= 11 is 6.25. The average molecular weight is 481 g/mol. The molecular weight excluding hydrogens is 452 g/mol. The summed E-state index contributed by atoms with van der Waals surface area (Å²) in [5, 5.41) is 36.5. The van der Waals surface area contributed by atoms with E-state index in [9.17, 15) is 24.6 Å². The highest BCUT2D eigenvalue weighted by molar-refractivity contribution is 6.33. The van der Waals surface area contributed by atoms with Gasteiger partial charge in [-0.05, 0) is 38.0 Å². The third-order valence-corrected chi connectivity index (χ3v) is 6.46. The van der Waals surface area contributed by atoms with Gasteiger partial charge in [-0.25, -0.2) is 4.79 Å². The van der Waals surface area contributed by atoms with E-state index in [1.165, 1.54) is 18.2 Å². The number of halogens is 1. The quantitative estimate of drug-likeness (QED) is 0.424. The third-order valence-electron chi connectivity index (χ3n) is 6.13. The minimum Gasteiger partial charge on any atom is -0.394 e. The lowest BCUT2D eigenvalue weighted by atomic mass is 9.87. The molecule has 1 aromatic heterocycles. The van der Waals surface area contributed by atoms with Gasteiger partial charge in [-0.3, -0.25) is 14.2 Å². The highest BCUT2D eigenvalue weighted by Gasteiger charge is 2.35. The number of carbonyl (C=O) groups excluding carboxylic acids is 1. The van der Waals surface area contributed by atoms with Gasteiger partial charge >= 0.3 is 5.69 Å². The second-order valence-electron chi connectivity index (χ2n) is 8.50. The van der Waals surface area contributed by atoms with Crippen molar-refractivity contribution in [3.8, 4) is 5.69 Å². The summed E-state index contributed by atoms with van der Waals surface area (Å²) < 4.78 is 1.65. The molecule has 0 bridgehead atoms. The molecule has 180 valence electrons. The van der Waals surface area contributed by atoms with Crippen LogP contribution in [0.15, 0.2) is 34.0 Å². The van der Waals surface area contributed by atoms with E-state index in [-0.39, 0.29) is 16.3 Å². The minimum absolute atomic E-state index is 0.0834. The summed E-state index contributed by atoms with van der Waals surface area (Å²) in [7, 11) is 0. The first-order valence-corrected chi connectivity index (χ1v) is 11.4. The van der Waals surface area contributed by atoms with Gasteiger partial charge in [0.25, 0.3) is 11.5 Å². The number of amides is 1. The van der Waals surface area contributed by atoms with Crippen LogP contribution >= 0.6 is 11.6 Å². The Balaban J connectivity index is 1.90. The maximum Gasteiger partial charge on any atom is 0.352 e. The van der Waals surface area contributed by atoms with E-state index in [2.05, 4.69) is 10.4 Å². The molecule has 2 unspecified atom stereocenters. The van der Waals surface area contributed by atoms with Crippen molar-refractivity contribution in [2.24, 2.45) is 0 Å². The summed E-state index contributed by atoms with van der Waals surface area (Å²) in [6, 6.07) is 3.76. The lowest BCUT2D eigenvalue weighted by Gasteiger charge is -2.34. The summed E-state index contributed by atoms with van der Waals surface area (Å²) in [6.07, 6.45) is 4.69. The highest BCUT2D eigenvalue weighted by atomic mass is 35.5. The molecule has 1 aromatic carbocycles. The molecule has 11 heteroatoms. The maximum atomic E-state index is 13.0. The fourth-order valence-corrected chi connectivity index (χ4v) is 4.25. The van der Waals surface area contributed by atoms with Crippen LogP contribution in [0.5, 0.6) is 0 Å². The SMILES string of the molecule is CC(NC(=O)c1cc(-n2ncc(=O)n(CC(O)CO)c2=O)ccc1Cl)C1(O)CCCCCC1. The van der Waals surface area contributed by atoms with E-state index in [0.717, 1.165) is 41.1 Å². The first kappa shape index (κ1) is 25.1. The van der Waals surface area contributed by atoms with Crippen molar-refractivity contribution in [1.82, 2.24) is 19.7 Å². The van der Waals surface area contributed by atoms with E-state index in [0.29, 0.717) is 12.8 Å². The third kappa shape index (κ3) is 5.70. The number of aliphatic hydroxyl groups excluding tert-OH is 2. The molecule has 10 nitrogen and oxygen atoms in total. The van der Waals surface area contributed by atoms with Gasteiger partial charge in [-0.1, -0.05) is 37.3 Å². The van der Waals surface area contributed by atoms with Crippen LogP contribution in [0.3, 0.4) is 0 Å². The molecule has 0 saturated heterocycles. The van der Waals surface area contributed by atoms with E-state index in [1.54, 1.807) is 6.92 Å². The van der Waals surface area contributed by atoms with Crippen LogP contribution in [0.2, 0.25) is 5.02 Å². The first-order valence-electron chi connectivity index (χ1n) is 11.0. The van der Waals surface area contributed by atoms with Gasteiger partial charge in [0.05, 0.1) is 47.2 Å². The van der Waals surface area contributed by atoms with E-state index in [1.807, 2.05) is 0 Å². The van der Waals surface area contributed by atoms with Crippen LogP contribution in [0.4, 0.5) is 0 Å². The number of aliphatic hydroxyl groups is 3. The predicted octanol–water partition coefficient (Wildman–Crippen LogP) is 0.604. The van der Waals surface area contributed by atoms with Crippen LogP contribution in [0.25, 0.3) is 5.69 Å². The minimum atomic E-state index is -1.30. The average Bonchev–Trinajstić information content (AvgIpc) is 3.02. The van der Waals surface area contributed by atoms with Gasteiger partial charge in [-0.2, -0.15) is 9.78 Å². The number of aromatic nitrogens is 3. The van der Waals surface area contributed by atoms with Crippen molar-refractivity contribution in [3.63, 3.8) is 0 Å². The smallest absolute Gasteiger partial charge is 0.352 e.